The van der Waals surface area contributed by atoms with Crippen LogP contribution in [0, 0.1) is 11.3 Å². The van der Waals surface area contributed by atoms with Crippen molar-refractivity contribution in [2.24, 2.45) is 4.99 Å². The Labute approximate surface area is 158 Å². The normalized spacial score (nSPS) is 16.0. The van der Waals surface area contributed by atoms with Crippen molar-refractivity contribution in [3.63, 3.8) is 0 Å². The van der Waals surface area contributed by atoms with Crippen LogP contribution < -0.4 is 16.2 Å². The van der Waals surface area contributed by atoms with E-state index in [-0.39, 0.29) is 12.6 Å². The molecule has 1 aromatic heterocycles. The summed E-state index contributed by atoms with van der Waals surface area (Å²) < 4.78 is 0.617. The maximum absolute atomic E-state index is 11.5. The van der Waals surface area contributed by atoms with Crippen LogP contribution in [0.1, 0.15) is 17.5 Å². The highest BCUT2D eigenvalue weighted by atomic mass is 35.5. The zero-order chi connectivity index (χ0) is 17.8. The molecule has 1 atom stereocenters. The van der Waals surface area contributed by atoms with Crippen molar-refractivity contribution in [1.82, 2.24) is 10.9 Å². The number of anilines is 1. The molecule has 9 heteroatoms. The Kier molecular flexibility index (Phi) is 5.56. The van der Waals surface area contributed by atoms with Crippen molar-refractivity contribution in [3.8, 4) is 6.07 Å². The molecule has 1 aromatic carbocycles. The van der Waals surface area contributed by atoms with Crippen LogP contribution in [0.4, 0.5) is 5.00 Å². The van der Waals surface area contributed by atoms with Crippen LogP contribution in [-0.4, -0.2) is 24.3 Å². The second-order valence-electron chi connectivity index (χ2n) is 5.19. The number of nitrogens with one attached hydrogen (secondary N) is 3. The van der Waals surface area contributed by atoms with E-state index in [2.05, 4.69) is 21.2 Å². The van der Waals surface area contributed by atoms with Crippen LogP contribution in [0.3, 0.4) is 0 Å². The zero-order valence-corrected chi connectivity index (χ0v) is 15.2. The predicted octanol–water partition coefficient (Wildman–Crippen LogP) is 3.18. The van der Waals surface area contributed by atoms with Gasteiger partial charge in [0.1, 0.15) is 17.6 Å². The summed E-state index contributed by atoms with van der Waals surface area (Å²) in [5, 5.41) is 13.2. The first-order chi connectivity index (χ1) is 12.1. The summed E-state index contributed by atoms with van der Waals surface area (Å²) in [6, 6.07) is 11.1. The quantitative estimate of drug-likeness (QED) is 0.695. The first kappa shape index (κ1) is 17.7. The minimum Gasteiger partial charge on any atom is -0.358 e. The molecule has 3 rings (SSSR count). The van der Waals surface area contributed by atoms with Gasteiger partial charge in [0.05, 0.1) is 22.7 Å². The van der Waals surface area contributed by atoms with Gasteiger partial charge >= 0.3 is 0 Å². The number of fused-ring (bicyclic) bond motifs is 1. The average Bonchev–Trinajstić information content (AvgIpc) is 2.86. The summed E-state index contributed by atoms with van der Waals surface area (Å²) in [6.07, 6.45) is -0.569. The number of nitriles is 1. The van der Waals surface area contributed by atoms with Crippen molar-refractivity contribution in [2.75, 3.05) is 11.9 Å². The lowest BCUT2D eigenvalue weighted by atomic mass is 10.0. The number of carbonyl (C=O) groups is 1. The van der Waals surface area contributed by atoms with E-state index < -0.39 is 5.91 Å². The average molecular weight is 394 g/mol. The molecule has 2 heterocycles. The van der Waals surface area contributed by atoms with Crippen LogP contribution in [0.25, 0.3) is 0 Å². The number of rotatable bonds is 4. The van der Waals surface area contributed by atoms with E-state index >= 15 is 0 Å². The minimum atomic E-state index is -0.409. The molecular weight excluding hydrogens is 381 g/mol. The van der Waals surface area contributed by atoms with E-state index in [4.69, 9.17) is 28.5 Å². The summed E-state index contributed by atoms with van der Waals surface area (Å²) in [6.45, 7) is 0.354. The van der Waals surface area contributed by atoms with E-state index in [9.17, 15) is 4.79 Å². The van der Waals surface area contributed by atoms with Crippen LogP contribution in [0.5, 0.6) is 0 Å². The smallest absolute Gasteiger partial charge is 0.248 e. The van der Waals surface area contributed by atoms with Crippen LogP contribution in [-0.2, 0) is 4.79 Å². The Balaban J connectivity index is 1.89. The van der Waals surface area contributed by atoms with Gasteiger partial charge in [-0.1, -0.05) is 41.4 Å². The number of hydrazine groups is 1. The molecule has 0 aliphatic carbocycles. The topological polar surface area (TPSA) is 89.3 Å². The second kappa shape index (κ2) is 7.85. The second-order valence-corrected chi connectivity index (χ2v) is 7.28. The molecule has 1 aliphatic rings. The lowest BCUT2D eigenvalue weighted by Crippen LogP contribution is -2.49. The number of nitrogens with zero attached hydrogens (tertiary/aromatic N) is 2. The van der Waals surface area contributed by atoms with Crippen LogP contribution in [0.15, 0.2) is 35.3 Å². The molecule has 0 fully saturated rings. The van der Waals surface area contributed by atoms with Crippen molar-refractivity contribution < 1.29 is 4.79 Å². The third-order valence-electron chi connectivity index (χ3n) is 3.45. The molecule has 1 unspecified atom stereocenters. The van der Waals surface area contributed by atoms with Gasteiger partial charge in [0.2, 0.25) is 5.91 Å². The van der Waals surface area contributed by atoms with Crippen LogP contribution in [0.2, 0.25) is 9.36 Å². The van der Waals surface area contributed by atoms with Gasteiger partial charge in [-0.25, -0.2) is 5.43 Å². The van der Waals surface area contributed by atoms with Gasteiger partial charge in [0, 0.05) is 16.1 Å². The number of halogens is 2. The minimum absolute atomic E-state index is 0.218. The van der Waals surface area contributed by atoms with Gasteiger partial charge < -0.3 is 5.32 Å². The van der Waals surface area contributed by atoms with Gasteiger partial charge in [-0.3, -0.25) is 15.2 Å². The molecule has 0 saturated carbocycles. The maximum Gasteiger partial charge on any atom is 0.248 e. The molecule has 1 aliphatic heterocycles. The Morgan fingerprint density at radius 3 is 2.96 bits per heavy atom. The van der Waals surface area contributed by atoms with Crippen molar-refractivity contribution in [1.29, 1.82) is 5.26 Å². The van der Waals surface area contributed by atoms with E-state index in [0.717, 1.165) is 21.8 Å². The third-order valence-corrected chi connectivity index (χ3v) is 4.97. The molecule has 0 bridgehead atoms. The van der Waals surface area contributed by atoms with Crippen molar-refractivity contribution in [3.05, 3.63) is 50.8 Å². The number of hydrogen-bond acceptors (Lipinski definition) is 6. The summed E-state index contributed by atoms with van der Waals surface area (Å²) in [7, 11) is 0. The Morgan fingerprint density at radius 1 is 1.40 bits per heavy atom. The first-order valence-electron chi connectivity index (χ1n) is 7.35. The fourth-order valence-electron chi connectivity index (χ4n) is 2.36. The number of aliphatic imine (C=N–C) groups is 1. The Bertz CT molecular complexity index is 874. The molecule has 0 saturated heterocycles. The number of thiophene rings is 1. The van der Waals surface area contributed by atoms with Gasteiger partial charge in [-0.2, -0.15) is 5.26 Å². The molecule has 0 spiro atoms. The monoisotopic (exact) mass is 393 g/mol. The third kappa shape index (κ3) is 4.11. The lowest BCUT2D eigenvalue weighted by molar-refractivity contribution is -0.121. The van der Waals surface area contributed by atoms with Gasteiger partial charge in [-0.15, -0.1) is 11.3 Å². The highest BCUT2D eigenvalue weighted by molar-refractivity contribution is 7.20. The van der Waals surface area contributed by atoms with Gasteiger partial charge in [0.15, 0.2) is 0 Å². The summed E-state index contributed by atoms with van der Waals surface area (Å²) in [5.74, 6) is -0.409. The largest absolute Gasteiger partial charge is 0.358 e. The Hall–Kier alpha value is -2.11. The molecular formula is C16H13Cl2N5OS. The predicted molar refractivity (Wildman–Crippen MR) is 100 cm³/mol. The lowest BCUT2D eigenvalue weighted by Gasteiger charge is -2.17. The number of hydrogen-bond donors (Lipinski definition) is 3. The standard InChI is InChI=1S/C16H13Cl2N5OS/c17-11-4-2-1-3-9(11)15-10-7-12(18)25-16(10)21-13(8-20-15)22-23-14(24)5-6-19/h1-4,7,13,21-22H,5,8H2,(H,23,24). The molecule has 6 nitrogen and oxygen atoms in total. The highest BCUT2D eigenvalue weighted by Crippen LogP contribution is 2.36. The number of carbonyl (C=O) groups excluding carboxylic acids is 1. The fourth-order valence-corrected chi connectivity index (χ4v) is 3.77. The van der Waals surface area contributed by atoms with Gasteiger partial charge in [-0.05, 0) is 12.1 Å². The van der Waals surface area contributed by atoms with E-state index in [0.29, 0.717) is 15.9 Å². The molecule has 3 N–H and O–H groups in total. The summed E-state index contributed by atoms with van der Waals surface area (Å²) in [4.78, 5) is 16.1. The molecule has 1 amide bonds. The fraction of sp³-hybridized carbons (Fsp3) is 0.188. The Morgan fingerprint density at radius 2 is 2.20 bits per heavy atom. The maximum atomic E-state index is 11.5. The van der Waals surface area contributed by atoms with E-state index in [1.165, 1.54) is 11.3 Å². The molecule has 25 heavy (non-hydrogen) atoms. The number of benzene rings is 1. The zero-order valence-electron chi connectivity index (χ0n) is 12.8. The summed E-state index contributed by atoms with van der Waals surface area (Å²) in [5.41, 5.74) is 7.74. The van der Waals surface area contributed by atoms with Crippen molar-refractivity contribution in [2.45, 2.75) is 12.6 Å². The molecule has 2 aromatic rings. The van der Waals surface area contributed by atoms with Crippen molar-refractivity contribution >= 4 is 51.2 Å². The summed E-state index contributed by atoms with van der Waals surface area (Å²) >= 11 is 13.9. The molecule has 0 radical (unpaired) electrons. The van der Waals surface area contributed by atoms with E-state index in [1.807, 2.05) is 30.3 Å². The van der Waals surface area contributed by atoms with E-state index in [1.54, 1.807) is 6.07 Å². The SMILES string of the molecule is N#CCC(=O)NNC1CN=C(c2ccccc2Cl)c2cc(Cl)sc2N1. The first-order valence-corrected chi connectivity index (χ1v) is 8.92. The number of amides is 1. The molecule has 128 valence electrons. The highest BCUT2D eigenvalue weighted by Gasteiger charge is 2.23. The van der Waals surface area contributed by atoms with Gasteiger partial charge in [0.25, 0.3) is 0 Å². The van der Waals surface area contributed by atoms with Crippen LogP contribution >= 0.6 is 34.5 Å².